The fraction of sp³-hybridized carbons (Fsp3) is 0.241. The Bertz CT molecular complexity index is 1010. The maximum absolute atomic E-state index is 4.19. The van der Waals surface area contributed by atoms with Crippen molar-refractivity contribution in [3.63, 3.8) is 0 Å². The van der Waals surface area contributed by atoms with Crippen molar-refractivity contribution in [2.75, 3.05) is 4.98 Å². The van der Waals surface area contributed by atoms with Crippen molar-refractivity contribution in [1.29, 1.82) is 0 Å². The molecule has 0 aliphatic heterocycles. The Hall–Kier alpha value is -2.84. The second kappa shape index (κ2) is 8.72. The number of nitrogens with one attached hydrogen (secondary N) is 1. The van der Waals surface area contributed by atoms with Gasteiger partial charge in [-0.25, -0.2) is 0 Å². The quantitative estimate of drug-likeness (QED) is 0.433. The Labute approximate surface area is 188 Å². The van der Waals surface area contributed by atoms with E-state index in [1.807, 2.05) is 0 Å². The molecule has 1 aliphatic rings. The minimum absolute atomic E-state index is 0.0921. The van der Waals surface area contributed by atoms with E-state index in [1.165, 1.54) is 21.6 Å². The van der Waals surface area contributed by atoms with E-state index in [1.54, 1.807) is 0 Å². The number of para-hydroxylation sites is 1. The third-order valence-electron chi connectivity index (χ3n) is 6.75. The lowest BCUT2D eigenvalue weighted by molar-refractivity contribution is 0.556. The highest BCUT2D eigenvalue weighted by molar-refractivity contribution is 7.07. The Balaban J connectivity index is 2.08. The minimum Gasteiger partial charge on any atom is -0.403 e. The molecule has 0 aromatic heterocycles. The molecule has 0 amide bonds. The lowest BCUT2D eigenvalue weighted by atomic mass is 9.94. The predicted molar refractivity (Wildman–Crippen MR) is 138 cm³/mol. The van der Waals surface area contributed by atoms with Gasteiger partial charge in [0.1, 0.15) is 0 Å². The molecule has 0 radical (unpaired) electrons. The van der Waals surface area contributed by atoms with Crippen LogP contribution in [-0.4, -0.2) is 8.24 Å². The molecule has 1 N–H and O–H groups in total. The van der Waals surface area contributed by atoms with Crippen molar-refractivity contribution in [2.24, 2.45) is 11.8 Å². The molecule has 1 atom stereocenters. The third-order valence-corrected chi connectivity index (χ3v) is 12.0. The second-order valence-corrected chi connectivity index (χ2v) is 13.0. The molecule has 0 fully saturated rings. The van der Waals surface area contributed by atoms with E-state index in [-0.39, 0.29) is 5.04 Å². The lowest BCUT2D eigenvalue weighted by Gasteiger charge is -2.49. The summed E-state index contributed by atoms with van der Waals surface area (Å²) in [5.41, 5.74) is 2.62. The van der Waals surface area contributed by atoms with Crippen molar-refractivity contribution in [3.05, 3.63) is 115 Å². The lowest BCUT2D eigenvalue weighted by Crippen LogP contribution is -2.72. The zero-order valence-electron chi connectivity index (χ0n) is 19.0. The first-order valence-corrected chi connectivity index (χ1v) is 13.4. The fourth-order valence-corrected chi connectivity index (χ4v) is 10.4. The summed E-state index contributed by atoms with van der Waals surface area (Å²) >= 11 is 0. The number of hydrogen-bond donors (Lipinski definition) is 1. The Morgan fingerprint density at radius 1 is 0.677 bits per heavy atom. The molecule has 158 valence electrons. The van der Waals surface area contributed by atoms with Crippen LogP contribution in [0.25, 0.3) is 0 Å². The van der Waals surface area contributed by atoms with Gasteiger partial charge in [0.05, 0.1) is 0 Å². The molecular formula is C29H33NSi. The molecule has 4 rings (SSSR count). The SMILES string of the molecule is CC(C)C1=CC(C(C)C)([Si](Nc2ccccc2)(c2ccccc2)c2ccccc2)C=C1. The molecule has 1 aliphatic carbocycles. The normalized spacial score (nSPS) is 18.5. The van der Waals surface area contributed by atoms with E-state index in [2.05, 4.69) is 142 Å². The summed E-state index contributed by atoms with van der Waals surface area (Å²) in [6, 6.07) is 33.0. The summed E-state index contributed by atoms with van der Waals surface area (Å²) in [6.45, 7) is 9.35. The van der Waals surface area contributed by atoms with Crippen LogP contribution in [-0.2, 0) is 0 Å². The zero-order chi connectivity index (χ0) is 21.9. The van der Waals surface area contributed by atoms with Gasteiger partial charge in [-0.2, -0.15) is 0 Å². The summed E-state index contributed by atoms with van der Waals surface area (Å²) in [4.78, 5) is 4.19. The summed E-state index contributed by atoms with van der Waals surface area (Å²) < 4.78 is 0. The van der Waals surface area contributed by atoms with E-state index in [0.717, 1.165) is 0 Å². The van der Waals surface area contributed by atoms with Gasteiger partial charge in [-0.3, -0.25) is 0 Å². The first kappa shape index (κ1) is 21.4. The van der Waals surface area contributed by atoms with Crippen LogP contribution in [0.15, 0.2) is 115 Å². The van der Waals surface area contributed by atoms with E-state index >= 15 is 0 Å². The Morgan fingerprint density at radius 2 is 1.16 bits per heavy atom. The van der Waals surface area contributed by atoms with Crippen molar-refractivity contribution < 1.29 is 0 Å². The molecule has 0 spiro atoms. The van der Waals surface area contributed by atoms with Gasteiger partial charge in [-0.1, -0.05) is 125 Å². The topological polar surface area (TPSA) is 12.0 Å². The Morgan fingerprint density at radius 3 is 1.58 bits per heavy atom. The number of rotatable bonds is 7. The van der Waals surface area contributed by atoms with E-state index < -0.39 is 8.24 Å². The van der Waals surface area contributed by atoms with Gasteiger partial charge in [0, 0.05) is 10.7 Å². The van der Waals surface area contributed by atoms with Crippen LogP contribution in [0, 0.1) is 11.8 Å². The molecule has 0 bridgehead atoms. The highest BCUT2D eigenvalue weighted by Gasteiger charge is 2.57. The molecule has 3 aromatic carbocycles. The predicted octanol–water partition coefficient (Wildman–Crippen LogP) is 6.41. The highest BCUT2D eigenvalue weighted by atomic mass is 28.3. The van der Waals surface area contributed by atoms with E-state index in [9.17, 15) is 0 Å². The van der Waals surface area contributed by atoms with E-state index in [0.29, 0.717) is 11.8 Å². The van der Waals surface area contributed by atoms with Gasteiger partial charge < -0.3 is 4.98 Å². The zero-order valence-corrected chi connectivity index (χ0v) is 20.0. The molecular weight excluding hydrogens is 390 g/mol. The molecule has 0 heterocycles. The van der Waals surface area contributed by atoms with E-state index in [4.69, 9.17) is 0 Å². The standard InChI is InChI=1S/C29H33NSi/c1-23(2)25-20-21-29(22-25,24(3)4)31(27-16-10-6-11-17-27,28-18-12-7-13-19-28)30-26-14-8-5-9-15-26/h5-24,30H,1-4H3. The minimum atomic E-state index is -2.57. The van der Waals surface area contributed by atoms with Crippen molar-refractivity contribution >= 4 is 24.3 Å². The fourth-order valence-electron chi connectivity index (χ4n) is 5.02. The third kappa shape index (κ3) is 3.70. The average molecular weight is 424 g/mol. The maximum Gasteiger partial charge on any atom is 0.232 e. The molecule has 0 saturated carbocycles. The summed E-state index contributed by atoms with van der Waals surface area (Å²) in [6.07, 6.45) is 7.48. The van der Waals surface area contributed by atoms with Crippen molar-refractivity contribution in [3.8, 4) is 0 Å². The van der Waals surface area contributed by atoms with Crippen LogP contribution >= 0.6 is 0 Å². The van der Waals surface area contributed by atoms with Gasteiger partial charge in [-0.05, 0) is 39.9 Å². The van der Waals surface area contributed by atoms with Crippen molar-refractivity contribution in [1.82, 2.24) is 0 Å². The first-order chi connectivity index (χ1) is 15.0. The van der Waals surface area contributed by atoms with Gasteiger partial charge in [0.15, 0.2) is 0 Å². The van der Waals surface area contributed by atoms with Crippen LogP contribution in [0.5, 0.6) is 0 Å². The molecule has 31 heavy (non-hydrogen) atoms. The first-order valence-electron chi connectivity index (χ1n) is 11.4. The average Bonchev–Trinajstić information content (AvgIpc) is 3.27. The molecule has 2 heteroatoms. The number of benzene rings is 3. The number of hydrogen-bond acceptors (Lipinski definition) is 1. The van der Waals surface area contributed by atoms with Crippen LogP contribution in [0.1, 0.15) is 27.7 Å². The summed E-state index contributed by atoms with van der Waals surface area (Å²) in [5, 5.41) is 2.72. The summed E-state index contributed by atoms with van der Waals surface area (Å²) in [7, 11) is -2.57. The van der Waals surface area contributed by atoms with Gasteiger partial charge in [-0.15, -0.1) is 0 Å². The highest BCUT2D eigenvalue weighted by Crippen LogP contribution is 2.52. The van der Waals surface area contributed by atoms with Crippen LogP contribution in [0.2, 0.25) is 5.04 Å². The Kier molecular flexibility index (Phi) is 6.02. The molecule has 1 nitrogen and oxygen atoms in total. The second-order valence-electron chi connectivity index (χ2n) is 9.19. The van der Waals surface area contributed by atoms with Gasteiger partial charge in [0.25, 0.3) is 0 Å². The molecule has 1 unspecified atom stereocenters. The number of anilines is 1. The van der Waals surface area contributed by atoms with Crippen molar-refractivity contribution in [2.45, 2.75) is 32.7 Å². The van der Waals surface area contributed by atoms with Gasteiger partial charge >= 0.3 is 0 Å². The molecule has 0 saturated heterocycles. The van der Waals surface area contributed by atoms with Crippen LogP contribution < -0.4 is 15.4 Å². The van der Waals surface area contributed by atoms with Crippen LogP contribution in [0.3, 0.4) is 0 Å². The number of allylic oxidation sites excluding steroid dienone is 4. The maximum atomic E-state index is 4.19. The monoisotopic (exact) mass is 423 g/mol. The van der Waals surface area contributed by atoms with Crippen LogP contribution in [0.4, 0.5) is 5.69 Å². The molecule has 3 aromatic rings. The van der Waals surface area contributed by atoms with Gasteiger partial charge in [0.2, 0.25) is 8.24 Å². The summed E-state index contributed by atoms with van der Waals surface area (Å²) in [5.74, 6) is 0.940. The smallest absolute Gasteiger partial charge is 0.232 e. The largest absolute Gasteiger partial charge is 0.403 e.